The van der Waals surface area contributed by atoms with Crippen LogP contribution in [-0.4, -0.2) is 12.5 Å². The molecule has 0 radical (unpaired) electrons. The average molecular weight is 301 g/mol. The van der Waals surface area contributed by atoms with E-state index < -0.39 is 0 Å². The van der Waals surface area contributed by atoms with Crippen molar-refractivity contribution in [1.29, 1.82) is 0 Å². The van der Waals surface area contributed by atoms with Gasteiger partial charge in [0.05, 0.1) is 6.42 Å². The number of carbonyl (C=O) groups excluding carboxylic acids is 1. The minimum Gasteiger partial charge on any atom is -0.352 e. The summed E-state index contributed by atoms with van der Waals surface area (Å²) in [4.78, 5) is 11.4. The van der Waals surface area contributed by atoms with Crippen LogP contribution in [0.5, 0.6) is 0 Å². The summed E-state index contributed by atoms with van der Waals surface area (Å²) in [6.45, 7) is 4.07. The predicted molar refractivity (Wildman–Crippen MR) is 66.1 cm³/mol. The number of halogens is 1. The third kappa shape index (κ3) is 3.49. The van der Waals surface area contributed by atoms with Gasteiger partial charge in [0.25, 0.3) is 0 Å². The molecule has 0 aliphatic carbocycles. The lowest BCUT2D eigenvalue weighted by molar-refractivity contribution is -0.120. The first-order chi connectivity index (χ1) is 6.74. The fourth-order valence-electron chi connectivity index (χ4n) is 1.06. The first-order valence-corrected chi connectivity index (χ1v) is 5.43. The molecule has 0 aliphatic heterocycles. The van der Waals surface area contributed by atoms with Crippen molar-refractivity contribution in [2.45, 2.75) is 6.42 Å². The van der Waals surface area contributed by atoms with Crippen molar-refractivity contribution in [3.05, 3.63) is 46.1 Å². The van der Waals surface area contributed by atoms with Crippen LogP contribution >= 0.6 is 22.6 Å². The Labute approximate surface area is 97.5 Å². The van der Waals surface area contributed by atoms with Gasteiger partial charge in [-0.05, 0) is 34.2 Å². The first kappa shape index (κ1) is 11.2. The van der Waals surface area contributed by atoms with Gasteiger partial charge in [-0.2, -0.15) is 0 Å². The molecule has 2 nitrogen and oxygen atoms in total. The SMILES string of the molecule is C=CCNC(=O)Cc1ccccc1I. The van der Waals surface area contributed by atoms with Gasteiger partial charge in [0.1, 0.15) is 0 Å². The zero-order valence-corrected chi connectivity index (χ0v) is 9.95. The van der Waals surface area contributed by atoms with E-state index >= 15 is 0 Å². The minimum absolute atomic E-state index is 0.0361. The van der Waals surface area contributed by atoms with Crippen molar-refractivity contribution in [2.75, 3.05) is 6.54 Å². The van der Waals surface area contributed by atoms with E-state index in [1.165, 1.54) is 0 Å². The monoisotopic (exact) mass is 301 g/mol. The lowest BCUT2D eigenvalue weighted by atomic mass is 10.1. The van der Waals surface area contributed by atoms with Gasteiger partial charge in [-0.15, -0.1) is 6.58 Å². The molecule has 14 heavy (non-hydrogen) atoms. The molecule has 0 saturated heterocycles. The summed E-state index contributed by atoms with van der Waals surface area (Å²) in [6, 6.07) is 7.87. The number of benzene rings is 1. The van der Waals surface area contributed by atoms with Gasteiger partial charge >= 0.3 is 0 Å². The third-order valence-electron chi connectivity index (χ3n) is 1.75. The smallest absolute Gasteiger partial charge is 0.224 e. The summed E-state index contributed by atoms with van der Waals surface area (Å²) in [6.07, 6.45) is 2.11. The van der Waals surface area contributed by atoms with Crippen molar-refractivity contribution in [2.24, 2.45) is 0 Å². The van der Waals surface area contributed by atoms with Crippen molar-refractivity contribution in [3.8, 4) is 0 Å². The molecule has 0 aromatic heterocycles. The van der Waals surface area contributed by atoms with Gasteiger partial charge in [0.2, 0.25) is 5.91 Å². The van der Waals surface area contributed by atoms with Gasteiger partial charge in [-0.3, -0.25) is 4.79 Å². The van der Waals surface area contributed by atoms with Crippen LogP contribution in [0, 0.1) is 3.57 Å². The highest BCUT2D eigenvalue weighted by Gasteiger charge is 2.04. The van der Waals surface area contributed by atoms with Crippen LogP contribution in [0.25, 0.3) is 0 Å². The van der Waals surface area contributed by atoms with Gasteiger partial charge < -0.3 is 5.32 Å². The summed E-state index contributed by atoms with van der Waals surface area (Å²) >= 11 is 2.23. The molecular formula is C11H12INO. The van der Waals surface area contributed by atoms with E-state index in [1.54, 1.807) is 6.08 Å². The minimum atomic E-state index is 0.0361. The van der Waals surface area contributed by atoms with E-state index in [1.807, 2.05) is 24.3 Å². The standard InChI is InChI=1S/C11H12INO/c1-2-7-13-11(14)8-9-5-3-4-6-10(9)12/h2-6H,1,7-8H2,(H,13,14). The van der Waals surface area contributed by atoms with E-state index in [2.05, 4.69) is 34.5 Å². The van der Waals surface area contributed by atoms with Crippen molar-refractivity contribution in [3.63, 3.8) is 0 Å². The predicted octanol–water partition coefficient (Wildman–Crippen LogP) is 2.14. The lowest BCUT2D eigenvalue weighted by Gasteiger charge is -2.04. The van der Waals surface area contributed by atoms with E-state index in [0.29, 0.717) is 13.0 Å². The quantitative estimate of drug-likeness (QED) is 0.670. The van der Waals surface area contributed by atoms with E-state index in [0.717, 1.165) is 9.13 Å². The maximum atomic E-state index is 11.4. The molecule has 1 amide bonds. The van der Waals surface area contributed by atoms with Crippen LogP contribution in [0.2, 0.25) is 0 Å². The van der Waals surface area contributed by atoms with Crippen molar-refractivity contribution < 1.29 is 4.79 Å². The number of hydrogen-bond acceptors (Lipinski definition) is 1. The molecular weight excluding hydrogens is 289 g/mol. The van der Waals surface area contributed by atoms with Crippen LogP contribution in [0.15, 0.2) is 36.9 Å². The zero-order valence-electron chi connectivity index (χ0n) is 7.79. The summed E-state index contributed by atoms with van der Waals surface area (Å²) in [5.41, 5.74) is 1.06. The highest BCUT2D eigenvalue weighted by molar-refractivity contribution is 14.1. The average Bonchev–Trinajstić information content (AvgIpc) is 2.18. The first-order valence-electron chi connectivity index (χ1n) is 4.35. The summed E-state index contributed by atoms with van der Waals surface area (Å²) in [5, 5.41) is 2.75. The van der Waals surface area contributed by atoms with E-state index in [4.69, 9.17) is 0 Å². The largest absolute Gasteiger partial charge is 0.352 e. The second-order valence-electron chi connectivity index (χ2n) is 2.86. The fraction of sp³-hybridized carbons (Fsp3) is 0.182. The number of nitrogens with one attached hydrogen (secondary N) is 1. The van der Waals surface area contributed by atoms with E-state index in [9.17, 15) is 4.79 Å². The molecule has 0 bridgehead atoms. The number of carbonyl (C=O) groups is 1. The molecule has 1 aromatic carbocycles. The Bertz CT molecular complexity index is 336. The van der Waals surface area contributed by atoms with Crippen LogP contribution in [0.3, 0.4) is 0 Å². The highest BCUT2D eigenvalue weighted by atomic mass is 127. The molecule has 0 atom stereocenters. The number of rotatable bonds is 4. The molecule has 0 aliphatic rings. The molecule has 74 valence electrons. The Morgan fingerprint density at radius 2 is 2.21 bits per heavy atom. The number of amides is 1. The van der Waals surface area contributed by atoms with Gasteiger partial charge in [-0.25, -0.2) is 0 Å². The summed E-state index contributed by atoms with van der Waals surface area (Å²) in [7, 11) is 0. The van der Waals surface area contributed by atoms with Gasteiger partial charge in [0.15, 0.2) is 0 Å². The topological polar surface area (TPSA) is 29.1 Å². The normalized spacial score (nSPS) is 9.50. The molecule has 0 spiro atoms. The highest BCUT2D eigenvalue weighted by Crippen LogP contribution is 2.11. The molecule has 0 fully saturated rings. The Morgan fingerprint density at radius 3 is 2.86 bits per heavy atom. The summed E-state index contributed by atoms with van der Waals surface area (Å²) in [5.74, 6) is 0.0361. The second-order valence-corrected chi connectivity index (χ2v) is 4.02. The van der Waals surface area contributed by atoms with Crippen LogP contribution in [-0.2, 0) is 11.2 Å². The Balaban J connectivity index is 2.56. The van der Waals surface area contributed by atoms with E-state index in [-0.39, 0.29) is 5.91 Å². The molecule has 1 rings (SSSR count). The third-order valence-corrected chi connectivity index (χ3v) is 2.80. The summed E-state index contributed by atoms with van der Waals surface area (Å²) < 4.78 is 1.12. The second kappa shape index (κ2) is 5.80. The maximum Gasteiger partial charge on any atom is 0.224 e. The molecule has 1 aromatic rings. The van der Waals surface area contributed by atoms with Crippen LogP contribution in [0.1, 0.15) is 5.56 Å². The van der Waals surface area contributed by atoms with Crippen LogP contribution in [0.4, 0.5) is 0 Å². The van der Waals surface area contributed by atoms with Crippen LogP contribution < -0.4 is 5.32 Å². The lowest BCUT2D eigenvalue weighted by Crippen LogP contribution is -2.25. The maximum absolute atomic E-state index is 11.4. The Kier molecular flexibility index (Phi) is 4.65. The van der Waals surface area contributed by atoms with Gasteiger partial charge in [-0.1, -0.05) is 24.3 Å². The fourth-order valence-corrected chi connectivity index (χ4v) is 1.64. The molecule has 3 heteroatoms. The van der Waals surface area contributed by atoms with Gasteiger partial charge in [0, 0.05) is 10.1 Å². The molecule has 0 unspecified atom stereocenters. The zero-order chi connectivity index (χ0) is 10.4. The molecule has 0 heterocycles. The molecule has 0 saturated carbocycles. The Hall–Kier alpha value is -0.840. The molecule has 1 N–H and O–H groups in total. The Morgan fingerprint density at radius 1 is 1.50 bits per heavy atom. The number of hydrogen-bond donors (Lipinski definition) is 1. The van der Waals surface area contributed by atoms with Crippen molar-refractivity contribution >= 4 is 28.5 Å². The van der Waals surface area contributed by atoms with Crippen molar-refractivity contribution in [1.82, 2.24) is 5.32 Å².